The van der Waals surface area contributed by atoms with Crippen LogP contribution in [0.25, 0.3) is 0 Å². The fraction of sp³-hybridized carbons (Fsp3) is 0.478. The maximum absolute atomic E-state index is 13.2. The number of dihydropyridines is 1. The highest BCUT2D eigenvalue weighted by Crippen LogP contribution is 2.47. The maximum Gasteiger partial charge on any atom is 0.306 e. The van der Waals surface area contributed by atoms with Crippen molar-refractivity contribution in [2.75, 3.05) is 12.9 Å². The second-order valence-corrected chi connectivity index (χ2v) is 10.6. The lowest BCUT2D eigenvalue weighted by Gasteiger charge is -2.35. The Morgan fingerprint density at radius 2 is 2.00 bits per heavy atom. The quantitative estimate of drug-likeness (QED) is 0.517. The summed E-state index contributed by atoms with van der Waals surface area (Å²) in [6.45, 7) is 6.01. The highest BCUT2D eigenvalue weighted by Gasteiger charge is 2.39. The SMILES string of the molecule is CCCC1CC(=O)C2=C(C1)NC(C)=C(C#N)C2c1cc(Br)c(OS(C)(=O)=O)c(OCC)c1. The number of ketones is 1. The number of nitrogens with one attached hydrogen (secondary N) is 1. The predicted molar refractivity (Wildman–Crippen MR) is 125 cm³/mol. The monoisotopic (exact) mass is 522 g/mol. The number of benzene rings is 1. The normalized spacial score (nSPS) is 21.1. The van der Waals surface area contributed by atoms with Crippen molar-refractivity contribution in [1.82, 2.24) is 5.32 Å². The summed E-state index contributed by atoms with van der Waals surface area (Å²) in [7, 11) is -3.79. The third kappa shape index (κ3) is 5.02. The number of carbonyl (C=O) groups is 1. The van der Waals surface area contributed by atoms with Crippen LogP contribution in [0.15, 0.2) is 39.1 Å². The summed E-state index contributed by atoms with van der Waals surface area (Å²) in [5.41, 5.74) is 3.30. The molecule has 2 atom stereocenters. The van der Waals surface area contributed by atoms with Crippen LogP contribution in [-0.2, 0) is 14.9 Å². The van der Waals surface area contributed by atoms with E-state index in [2.05, 4.69) is 34.2 Å². The van der Waals surface area contributed by atoms with E-state index in [9.17, 15) is 18.5 Å². The molecule has 9 heteroatoms. The number of rotatable bonds is 7. The molecule has 1 aliphatic carbocycles. The summed E-state index contributed by atoms with van der Waals surface area (Å²) < 4.78 is 34.7. The predicted octanol–water partition coefficient (Wildman–Crippen LogP) is 4.70. The van der Waals surface area contributed by atoms with Gasteiger partial charge in [-0.05, 0) is 66.2 Å². The van der Waals surface area contributed by atoms with E-state index < -0.39 is 16.0 Å². The Morgan fingerprint density at radius 1 is 1.28 bits per heavy atom. The number of nitrogens with zero attached hydrogens (tertiary/aromatic N) is 1. The Balaban J connectivity index is 2.17. The van der Waals surface area contributed by atoms with Crippen molar-refractivity contribution in [2.24, 2.45) is 5.92 Å². The van der Waals surface area contributed by atoms with Crippen LogP contribution < -0.4 is 14.2 Å². The van der Waals surface area contributed by atoms with Crippen LogP contribution in [0.5, 0.6) is 11.5 Å². The summed E-state index contributed by atoms with van der Waals surface area (Å²) in [5, 5.41) is 13.2. The Kier molecular flexibility index (Phi) is 7.36. The zero-order valence-corrected chi connectivity index (χ0v) is 21.0. The zero-order valence-electron chi connectivity index (χ0n) is 18.6. The van der Waals surface area contributed by atoms with Gasteiger partial charge < -0.3 is 14.2 Å². The van der Waals surface area contributed by atoms with E-state index in [1.807, 2.05) is 6.92 Å². The minimum absolute atomic E-state index is 0.0352. The molecule has 1 aromatic rings. The van der Waals surface area contributed by atoms with Crippen LogP contribution in [0, 0.1) is 17.2 Å². The summed E-state index contributed by atoms with van der Waals surface area (Å²) in [5.74, 6) is 0.0256. The van der Waals surface area contributed by atoms with Gasteiger partial charge in [0.1, 0.15) is 0 Å². The second kappa shape index (κ2) is 9.67. The third-order valence-electron chi connectivity index (χ3n) is 5.63. The average Bonchev–Trinajstić information content (AvgIpc) is 2.69. The van der Waals surface area contributed by atoms with Gasteiger partial charge in [0, 0.05) is 23.4 Å². The van der Waals surface area contributed by atoms with Crippen molar-refractivity contribution in [2.45, 2.75) is 52.4 Å². The van der Waals surface area contributed by atoms with Crippen LogP contribution in [-0.4, -0.2) is 27.1 Å². The lowest BCUT2D eigenvalue weighted by molar-refractivity contribution is -0.117. The third-order valence-corrected chi connectivity index (χ3v) is 6.69. The van der Waals surface area contributed by atoms with Gasteiger partial charge in [0.25, 0.3) is 0 Å². The number of hydrogen-bond acceptors (Lipinski definition) is 7. The van der Waals surface area contributed by atoms with E-state index in [0.29, 0.717) is 33.3 Å². The first kappa shape index (κ1) is 24.3. The van der Waals surface area contributed by atoms with E-state index in [-0.39, 0.29) is 29.8 Å². The van der Waals surface area contributed by atoms with Crippen LogP contribution in [0.4, 0.5) is 0 Å². The molecule has 2 aliphatic rings. The van der Waals surface area contributed by atoms with Gasteiger partial charge in [0.05, 0.1) is 34.9 Å². The van der Waals surface area contributed by atoms with Crippen molar-refractivity contribution in [3.63, 3.8) is 0 Å². The minimum atomic E-state index is -3.79. The van der Waals surface area contributed by atoms with Crippen molar-refractivity contribution >= 4 is 31.8 Å². The Bertz CT molecular complexity index is 1150. The molecule has 0 saturated carbocycles. The smallest absolute Gasteiger partial charge is 0.306 e. The molecule has 0 fully saturated rings. The molecular weight excluding hydrogens is 496 g/mol. The molecule has 32 heavy (non-hydrogen) atoms. The molecule has 0 spiro atoms. The number of ether oxygens (including phenoxy) is 1. The minimum Gasteiger partial charge on any atom is -0.490 e. The van der Waals surface area contributed by atoms with E-state index in [0.717, 1.165) is 31.2 Å². The first-order chi connectivity index (χ1) is 15.1. The first-order valence-electron chi connectivity index (χ1n) is 10.6. The van der Waals surface area contributed by atoms with Gasteiger partial charge in [-0.2, -0.15) is 13.7 Å². The molecule has 1 N–H and O–H groups in total. The van der Waals surface area contributed by atoms with Crippen LogP contribution in [0.2, 0.25) is 0 Å². The fourth-order valence-electron chi connectivity index (χ4n) is 4.46. The topological polar surface area (TPSA) is 105 Å². The van der Waals surface area contributed by atoms with Gasteiger partial charge >= 0.3 is 10.1 Å². The molecule has 1 aliphatic heterocycles. The standard InChI is InChI=1S/C23H27BrN2O5S/c1-5-7-14-8-18-22(19(27)9-14)21(16(12-25)13(3)26-18)15-10-17(24)23(31-32(4,28)29)20(11-15)30-6-2/h10-11,14,21,26H,5-9H2,1-4H3. The van der Waals surface area contributed by atoms with Crippen molar-refractivity contribution in [3.8, 4) is 17.6 Å². The largest absolute Gasteiger partial charge is 0.490 e. The molecule has 0 bridgehead atoms. The molecule has 0 amide bonds. The van der Waals surface area contributed by atoms with Crippen LogP contribution in [0.1, 0.15) is 57.9 Å². The molecule has 1 heterocycles. The van der Waals surface area contributed by atoms with E-state index >= 15 is 0 Å². The van der Waals surface area contributed by atoms with Gasteiger partial charge in [-0.15, -0.1) is 0 Å². The summed E-state index contributed by atoms with van der Waals surface area (Å²) in [6.07, 6.45) is 4.16. The maximum atomic E-state index is 13.2. The average molecular weight is 523 g/mol. The molecule has 7 nitrogen and oxygen atoms in total. The molecular formula is C23H27BrN2O5S. The molecule has 0 saturated heterocycles. The van der Waals surface area contributed by atoms with Gasteiger partial charge in [-0.1, -0.05) is 13.3 Å². The first-order valence-corrected chi connectivity index (χ1v) is 13.2. The number of Topliss-reactive ketones (excluding diaryl/α,β-unsaturated/α-hetero) is 1. The van der Waals surface area contributed by atoms with Crippen molar-refractivity contribution in [3.05, 3.63) is 44.7 Å². The zero-order chi connectivity index (χ0) is 23.6. The van der Waals surface area contributed by atoms with E-state index in [1.165, 1.54) is 0 Å². The Morgan fingerprint density at radius 3 is 2.59 bits per heavy atom. The Labute approximate surface area is 197 Å². The molecule has 2 unspecified atom stereocenters. The lowest BCUT2D eigenvalue weighted by atomic mass is 9.72. The van der Waals surface area contributed by atoms with Crippen molar-refractivity contribution in [1.29, 1.82) is 5.26 Å². The van der Waals surface area contributed by atoms with E-state index in [4.69, 9.17) is 8.92 Å². The fourth-order valence-corrected chi connectivity index (χ4v) is 5.59. The Hall–Kier alpha value is -2.31. The molecule has 0 aromatic heterocycles. The van der Waals surface area contributed by atoms with Gasteiger partial charge in [0.15, 0.2) is 17.3 Å². The van der Waals surface area contributed by atoms with Crippen LogP contribution in [0.3, 0.4) is 0 Å². The number of allylic oxidation sites excluding steroid dienone is 4. The molecule has 172 valence electrons. The molecule has 1 aromatic carbocycles. The van der Waals surface area contributed by atoms with E-state index in [1.54, 1.807) is 19.1 Å². The number of carbonyl (C=O) groups excluding carboxylic acids is 1. The molecule has 0 radical (unpaired) electrons. The number of hydrogen-bond donors (Lipinski definition) is 1. The number of halogens is 1. The van der Waals surface area contributed by atoms with Crippen molar-refractivity contribution < 1.29 is 22.1 Å². The van der Waals surface area contributed by atoms with Gasteiger partial charge in [-0.25, -0.2) is 0 Å². The van der Waals surface area contributed by atoms with Gasteiger partial charge in [-0.3, -0.25) is 4.79 Å². The highest BCUT2D eigenvalue weighted by molar-refractivity contribution is 9.10. The number of nitriles is 1. The van der Waals surface area contributed by atoms with Gasteiger partial charge in [0.2, 0.25) is 0 Å². The molecule has 3 rings (SSSR count). The summed E-state index contributed by atoms with van der Waals surface area (Å²) >= 11 is 3.39. The summed E-state index contributed by atoms with van der Waals surface area (Å²) in [4.78, 5) is 13.2. The highest BCUT2D eigenvalue weighted by atomic mass is 79.9. The summed E-state index contributed by atoms with van der Waals surface area (Å²) in [6, 6.07) is 5.62. The lowest BCUT2D eigenvalue weighted by Crippen LogP contribution is -2.34. The van der Waals surface area contributed by atoms with Crippen LogP contribution >= 0.6 is 15.9 Å². The second-order valence-electron chi connectivity index (χ2n) is 8.14.